The number of hydrogen-bond donors (Lipinski definition) is 1. The molecule has 0 radical (unpaired) electrons. The number of aromatic nitrogens is 1. The lowest BCUT2D eigenvalue weighted by molar-refractivity contribution is -0.214. The van der Waals surface area contributed by atoms with Gasteiger partial charge in [0.05, 0.1) is 23.4 Å². The molecule has 2 saturated heterocycles. The second-order valence-corrected chi connectivity index (χ2v) is 8.71. The first kappa shape index (κ1) is 19.2. The van der Waals surface area contributed by atoms with Crippen molar-refractivity contribution < 1.29 is 19.1 Å². The molecule has 0 saturated carbocycles. The Morgan fingerprint density at radius 2 is 2.00 bits per heavy atom. The third kappa shape index (κ3) is 3.35. The van der Waals surface area contributed by atoms with Crippen molar-refractivity contribution in [3.8, 4) is 0 Å². The fourth-order valence-corrected chi connectivity index (χ4v) is 5.09. The average molecular weight is 384 g/mol. The normalized spacial score (nSPS) is 35.2. The molecule has 1 aromatic heterocycles. The summed E-state index contributed by atoms with van der Waals surface area (Å²) in [6, 6.07) is 10.1. The van der Waals surface area contributed by atoms with Gasteiger partial charge >= 0.3 is 0 Å². The molecule has 1 N–H and O–H groups in total. The molecule has 4 rings (SSSR count). The maximum Gasteiger partial charge on any atom is 0.291 e. The van der Waals surface area contributed by atoms with Gasteiger partial charge in [-0.15, -0.1) is 0 Å². The SMILES string of the molecule is CN(C(=O)c1cnco1)[C@H]1CC[C@@]2(C)C[C@H](c3ccccc3)C[C@](C)(O2)[C@@H]1O. The molecule has 1 amide bonds. The lowest BCUT2D eigenvalue weighted by Crippen LogP contribution is -2.57. The zero-order valence-electron chi connectivity index (χ0n) is 16.7. The average Bonchev–Trinajstić information content (AvgIpc) is 3.19. The van der Waals surface area contributed by atoms with Crippen LogP contribution in [0.4, 0.5) is 0 Å². The van der Waals surface area contributed by atoms with Gasteiger partial charge in [0.25, 0.3) is 5.91 Å². The summed E-state index contributed by atoms with van der Waals surface area (Å²) in [5.74, 6) is 0.223. The highest BCUT2D eigenvalue weighted by Crippen LogP contribution is 2.50. The van der Waals surface area contributed by atoms with Crippen LogP contribution in [0.15, 0.2) is 47.3 Å². The van der Waals surface area contributed by atoms with Crippen molar-refractivity contribution in [3.05, 3.63) is 54.2 Å². The van der Waals surface area contributed by atoms with Crippen molar-refractivity contribution in [2.75, 3.05) is 7.05 Å². The monoisotopic (exact) mass is 384 g/mol. The van der Waals surface area contributed by atoms with Gasteiger partial charge in [0.2, 0.25) is 5.76 Å². The number of benzene rings is 1. The van der Waals surface area contributed by atoms with Crippen LogP contribution >= 0.6 is 0 Å². The molecular formula is C22H28N2O4. The zero-order valence-corrected chi connectivity index (χ0v) is 16.7. The lowest BCUT2D eigenvalue weighted by atomic mass is 9.74. The van der Waals surface area contributed by atoms with Crippen LogP contribution in [0.25, 0.3) is 0 Å². The molecule has 0 aliphatic carbocycles. The van der Waals surface area contributed by atoms with Crippen LogP contribution in [0, 0.1) is 0 Å². The molecular weight excluding hydrogens is 356 g/mol. The summed E-state index contributed by atoms with van der Waals surface area (Å²) in [6.07, 6.45) is 4.93. The van der Waals surface area contributed by atoms with E-state index >= 15 is 0 Å². The highest BCUT2D eigenvalue weighted by molar-refractivity contribution is 5.91. The Balaban J connectivity index is 1.62. The van der Waals surface area contributed by atoms with E-state index in [2.05, 4.69) is 36.2 Å². The lowest BCUT2D eigenvalue weighted by Gasteiger charge is -2.49. The minimum Gasteiger partial charge on any atom is -0.438 e. The molecule has 1 aromatic carbocycles. The maximum atomic E-state index is 12.8. The summed E-state index contributed by atoms with van der Waals surface area (Å²) >= 11 is 0. The number of nitrogens with zero attached hydrogens (tertiary/aromatic N) is 2. The van der Waals surface area contributed by atoms with Crippen molar-refractivity contribution in [1.29, 1.82) is 0 Å². The first-order chi connectivity index (χ1) is 13.3. The van der Waals surface area contributed by atoms with Crippen molar-refractivity contribution in [2.45, 2.75) is 68.8 Å². The number of likely N-dealkylation sites (N-methyl/N-ethyl adjacent to an activating group) is 1. The van der Waals surface area contributed by atoms with Crippen LogP contribution in [0.1, 0.15) is 61.6 Å². The number of ether oxygens (including phenoxy) is 1. The third-order valence-electron chi connectivity index (χ3n) is 6.50. The molecule has 6 heteroatoms. The second-order valence-electron chi connectivity index (χ2n) is 8.71. The van der Waals surface area contributed by atoms with Crippen molar-refractivity contribution >= 4 is 5.91 Å². The Kier molecular flexibility index (Phi) is 4.79. The molecule has 0 spiro atoms. The summed E-state index contributed by atoms with van der Waals surface area (Å²) in [5.41, 5.74) is 0.212. The van der Waals surface area contributed by atoms with E-state index < -0.39 is 11.7 Å². The van der Waals surface area contributed by atoms with Crippen LogP contribution in [-0.4, -0.2) is 51.3 Å². The minimum absolute atomic E-state index is 0.182. The van der Waals surface area contributed by atoms with E-state index in [1.807, 2.05) is 13.0 Å². The van der Waals surface area contributed by atoms with Crippen LogP contribution in [0.5, 0.6) is 0 Å². The summed E-state index contributed by atoms with van der Waals surface area (Å²) in [6.45, 7) is 4.11. The fourth-order valence-electron chi connectivity index (χ4n) is 5.09. The van der Waals surface area contributed by atoms with Crippen LogP contribution in [-0.2, 0) is 4.74 Å². The molecule has 0 unspecified atom stereocenters. The Morgan fingerprint density at radius 3 is 2.68 bits per heavy atom. The third-order valence-corrected chi connectivity index (χ3v) is 6.50. The molecule has 2 aliphatic heterocycles. The Labute approximate surface area is 165 Å². The van der Waals surface area contributed by atoms with Gasteiger partial charge < -0.3 is 19.2 Å². The predicted octanol–water partition coefficient (Wildman–Crippen LogP) is 3.38. The van der Waals surface area contributed by atoms with Crippen LogP contribution in [0.2, 0.25) is 0 Å². The molecule has 5 atom stereocenters. The fraction of sp³-hybridized carbons (Fsp3) is 0.545. The van der Waals surface area contributed by atoms with Gasteiger partial charge in [0.1, 0.15) is 6.10 Å². The van der Waals surface area contributed by atoms with E-state index in [1.54, 1.807) is 11.9 Å². The van der Waals surface area contributed by atoms with Crippen molar-refractivity contribution in [2.24, 2.45) is 0 Å². The highest BCUT2D eigenvalue weighted by Gasteiger charge is 2.54. The summed E-state index contributed by atoms with van der Waals surface area (Å²) < 4.78 is 11.7. The molecule has 2 fully saturated rings. The molecule has 150 valence electrons. The Hall–Kier alpha value is -2.18. The molecule has 3 heterocycles. The summed E-state index contributed by atoms with van der Waals surface area (Å²) in [7, 11) is 1.72. The van der Waals surface area contributed by atoms with Crippen molar-refractivity contribution in [3.63, 3.8) is 0 Å². The number of aliphatic hydroxyl groups excluding tert-OH is 1. The van der Waals surface area contributed by atoms with Gasteiger partial charge in [0.15, 0.2) is 6.39 Å². The highest BCUT2D eigenvalue weighted by atomic mass is 16.5. The number of hydrogen-bond acceptors (Lipinski definition) is 5. The van der Waals surface area contributed by atoms with Gasteiger partial charge in [-0.3, -0.25) is 4.79 Å². The largest absolute Gasteiger partial charge is 0.438 e. The molecule has 2 aliphatic rings. The van der Waals surface area contributed by atoms with E-state index in [4.69, 9.17) is 9.15 Å². The van der Waals surface area contributed by atoms with E-state index in [1.165, 1.54) is 18.2 Å². The quantitative estimate of drug-likeness (QED) is 0.878. The molecule has 2 aromatic rings. The summed E-state index contributed by atoms with van der Waals surface area (Å²) in [4.78, 5) is 18.2. The number of aliphatic hydroxyl groups is 1. The van der Waals surface area contributed by atoms with E-state index in [0.717, 1.165) is 12.8 Å². The molecule has 28 heavy (non-hydrogen) atoms. The second kappa shape index (κ2) is 7.01. The Bertz CT molecular complexity index is 824. The predicted molar refractivity (Wildman–Crippen MR) is 104 cm³/mol. The zero-order chi connectivity index (χ0) is 19.9. The number of amides is 1. The van der Waals surface area contributed by atoms with Gasteiger partial charge in [-0.25, -0.2) is 4.98 Å². The number of fused-ring (bicyclic) bond motifs is 2. The standard InChI is InChI=1S/C22H28N2O4/c1-21-10-9-17(24(3)20(26)18-13-23-14-27-18)19(25)22(2,28-21)12-16(11-21)15-7-5-4-6-8-15/h4-8,13-14,16-17,19,25H,9-12H2,1-3H3/t16-,17-,19+,21-,22-/m0/s1. The first-order valence-electron chi connectivity index (χ1n) is 9.90. The Morgan fingerprint density at radius 1 is 1.25 bits per heavy atom. The summed E-state index contributed by atoms with van der Waals surface area (Å²) in [5, 5.41) is 11.4. The van der Waals surface area contributed by atoms with E-state index in [0.29, 0.717) is 18.8 Å². The van der Waals surface area contributed by atoms with E-state index in [9.17, 15) is 9.90 Å². The smallest absolute Gasteiger partial charge is 0.291 e. The first-order valence-corrected chi connectivity index (χ1v) is 9.90. The van der Waals surface area contributed by atoms with E-state index in [-0.39, 0.29) is 23.3 Å². The van der Waals surface area contributed by atoms with Crippen LogP contribution in [0.3, 0.4) is 0 Å². The van der Waals surface area contributed by atoms with Gasteiger partial charge in [-0.05, 0) is 51.0 Å². The van der Waals surface area contributed by atoms with Crippen LogP contribution < -0.4 is 0 Å². The topological polar surface area (TPSA) is 75.8 Å². The molecule has 2 bridgehead atoms. The van der Waals surface area contributed by atoms with Gasteiger partial charge in [0, 0.05) is 7.05 Å². The number of carbonyl (C=O) groups excluding carboxylic acids is 1. The van der Waals surface area contributed by atoms with Gasteiger partial charge in [-0.2, -0.15) is 0 Å². The number of oxazole rings is 1. The van der Waals surface area contributed by atoms with Crippen molar-refractivity contribution in [1.82, 2.24) is 9.88 Å². The molecule has 6 nitrogen and oxygen atoms in total. The van der Waals surface area contributed by atoms with Gasteiger partial charge in [-0.1, -0.05) is 30.3 Å². The minimum atomic E-state index is -0.794. The number of carbonyl (C=O) groups is 1. The number of rotatable bonds is 3. The maximum absolute atomic E-state index is 12.8.